The molecule has 1 aromatic heterocycles. The van der Waals surface area contributed by atoms with Gasteiger partial charge in [0, 0.05) is 23.9 Å². The molecule has 5 nitrogen and oxygen atoms in total. The highest BCUT2D eigenvalue weighted by molar-refractivity contribution is 5.94. The van der Waals surface area contributed by atoms with E-state index < -0.39 is 17.3 Å². The molecule has 0 radical (unpaired) electrons. The van der Waals surface area contributed by atoms with Crippen molar-refractivity contribution in [2.24, 2.45) is 17.8 Å². The van der Waals surface area contributed by atoms with Crippen molar-refractivity contribution in [3.63, 3.8) is 0 Å². The number of carbonyl (C=O) groups is 1. The zero-order chi connectivity index (χ0) is 22.5. The first-order chi connectivity index (χ1) is 15.2. The first-order valence-corrected chi connectivity index (χ1v) is 11.0. The summed E-state index contributed by atoms with van der Waals surface area (Å²) in [5.74, 6) is 1.42. The van der Waals surface area contributed by atoms with E-state index in [0.29, 0.717) is 35.3 Å². The largest absolute Gasteiger partial charge is 0.439 e. The predicted octanol–water partition coefficient (Wildman–Crippen LogP) is 4.95. The maximum absolute atomic E-state index is 13.0. The summed E-state index contributed by atoms with van der Waals surface area (Å²) in [4.78, 5) is 16.7. The molecule has 170 valence electrons. The highest BCUT2D eigenvalue weighted by atomic mass is 19.4. The standard InChI is InChI=1S/C24H25F3N2O3/c25-24(26,27)17-5-7-21(28-13-17)32-18-3-1-2-15(9-18)22(30)29-20-6-4-14-8-16-11-23(31,10-14)12-19(16)20/h1-3,5,7,9,13-14,16,19-20,31H,4,6,8,10-12H2,(H,29,30). The van der Waals surface area contributed by atoms with E-state index in [-0.39, 0.29) is 17.8 Å². The SMILES string of the molecule is O=C(NC1CCC2CC3CC(O)(C2)CC31)c1cccc(Oc2ccc(C(F)(F)F)cn2)c1. The van der Waals surface area contributed by atoms with Crippen molar-refractivity contribution in [3.05, 3.63) is 53.7 Å². The van der Waals surface area contributed by atoms with Gasteiger partial charge in [-0.1, -0.05) is 6.07 Å². The molecular formula is C24H25F3N2O3. The number of ether oxygens (including phenoxy) is 1. The molecule has 5 atom stereocenters. The van der Waals surface area contributed by atoms with Crippen LogP contribution in [0.3, 0.4) is 0 Å². The zero-order valence-electron chi connectivity index (χ0n) is 17.4. The summed E-state index contributed by atoms with van der Waals surface area (Å²) in [6.45, 7) is 0. The average molecular weight is 446 g/mol. The second-order valence-electron chi connectivity index (χ2n) is 9.53. The summed E-state index contributed by atoms with van der Waals surface area (Å²) in [7, 11) is 0. The number of carbonyl (C=O) groups excluding carboxylic acids is 1. The molecule has 2 N–H and O–H groups in total. The topological polar surface area (TPSA) is 71.5 Å². The van der Waals surface area contributed by atoms with E-state index in [1.807, 2.05) is 0 Å². The number of nitrogens with zero attached hydrogens (tertiary/aromatic N) is 1. The molecule has 3 saturated carbocycles. The van der Waals surface area contributed by atoms with Crippen molar-refractivity contribution in [3.8, 4) is 11.6 Å². The van der Waals surface area contributed by atoms with Crippen LogP contribution >= 0.6 is 0 Å². The van der Waals surface area contributed by atoms with E-state index in [2.05, 4.69) is 10.3 Å². The monoisotopic (exact) mass is 446 g/mol. The van der Waals surface area contributed by atoms with E-state index in [9.17, 15) is 23.1 Å². The Labute approximate surface area is 184 Å². The fourth-order valence-corrected chi connectivity index (χ4v) is 5.98. The fourth-order valence-electron chi connectivity index (χ4n) is 5.98. The molecule has 3 bridgehead atoms. The van der Waals surface area contributed by atoms with Crippen LogP contribution in [-0.4, -0.2) is 27.6 Å². The number of benzene rings is 1. The maximum Gasteiger partial charge on any atom is 0.417 e. The minimum atomic E-state index is -4.46. The average Bonchev–Trinajstić information content (AvgIpc) is 2.92. The number of rotatable bonds is 4. The van der Waals surface area contributed by atoms with Crippen molar-refractivity contribution in [2.75, 3.05) is 0 Å². The summed E-state index contributed by atoms with van der Waals surface area (Å²) in [5, 5.41) is 14.0. The minimum Gasteiger partial charge on any atom is -0.439 e. The normalized spacial score (nSPS) is 31.2. The van der Waals surface area contributed by atoms with Gasteiger partial charge in [0.2, 0.25) is 5.88 Å². The van der Waals surface area contributed by atoms with Gasteiger partial charge in [0.1, 0.15) is 5.75 Å². The molecule has 3 aliphatic rings. The van der Waals surface area contributed by atoms with Crippen molar-refractivity contribution in [2.45, 2.75) is 56.3 Å². The van der Waals surface area contributed by atoms with Gasteiger partial charge in [-0.3, -0.25) is 4.79 Å². The highest BCUT2D eigenvalue weighted by Gasteiger charge is 2.53. The number of hydrogen-bond donors (Lipinski definition) is 2. The van der Waals surface area contributed by atoms with Gasteiger partial charge in [-0.25, -0.2) is 4.98 Å². The van der Waals surface area contributed by atoms with E-state index in [1.165, 1.54) is 0 Å². The number of hydrogen-bond acceptors (Lipinski definition) is 4. The van der Waals surface area contributed by atoms with Crippen LogP contribution in [0.15, 0.2) is 42.6 Å². The third kappa shape index (κ3) is 4.20. The quantitative estimate of drug-likeness (QED) is 0.697. The first-order valence-electron chi connectivity index (χ1n) is 11.0. The Kier molecular flexibility index (Phi) is 5.15. The van der Waals surface area contributed by atoms with Crippen LogP contribution in [0, 0.1) is 17.8 Å². The molecule has 1 aromatic carbocycles. The number of fused-ring (bicyclic) bond motifs is 2. The van der Waals surface area contributed by atoms with Gasteiger partial charge >= 0.3 is 6.18 Å². The molecule has 0 spiro atoms. The molecule has 32 heavy (non-hydrogen) atoms. The third-order valence-corrected chi connectivity index (χ3v) is 7.27. The Morgan fingerprint density at radius 1 is 1.16 bits per heavy atom. The Morgan fingerprint density at radius 2 is 2.00 bits per heavy atom. The molecular weight excluding hydrogens is 421 g/mol. The van der Waals surface area contributed by atoms with E-state index in [1.54, 1.807) is 24.3 Å². The number of aliphatic hydroxyl groups is 1. The van der Waals surface area contributed by atoms with Gasteiger partial charge in [0.25, 0.3) is 5.91 Å². The Morgan fingerprint density at radius 3 is 2.75 bits per heavy atom. The van der Waals surface area contributed by atoms with Crippen molar-refractivity contribution in [1.82, 2.24) is 10.3 Å². The lowest BCUT2D eigenvalue weighted by atomic mass is 9.77. The van der Waals surface area contributed by atoms with Gasteiger partial charge in [-0.2, -0.15) is 13.2 Å². The highest BCUT2D eigenvalue weighted by Crippen LogP contribution is 2.55. The number of nitrogens with one attached hydrogen (secondary N) is 1. The minimum absolute atomic E-state index is 0.0144. The lowest BCUT2D eigenvalue weighted by molar-refractivity contribution is -0.137. The van der Waals surface area contributed by atoms with Crippen LogP contribution < -0.4 is 10.1 Å². The van der Waals surface area contributed by atoms with E-state index >= 15 is 0 Å². The predicted molar refractivity (Wildman–Crippen MR) is 110 cm³/mol. The molecule has 2 aromatic rings. The van der Waals surface area contributed by atoms with Gasteiger partial charge in [0.05, 0.1) is 11.2 Å². The van der Waals surface area contributed by atoms with Crippen LogP contribution in [0.1, 0.15) is 54.4 Å². The fraction of sp³-hybridized carbons (Fsp3) is 0.500. The van der Waals surface area contributed by atoms with Gasteiger partial charge in [-0.05, 0) is 80.5 Å². The Hall–Kier alpha value is -2.61. The van der Waals surface area contributed by atoms with Crippen LogP contribution in [0.25, 0.3) is 0 Å². The number of alkyl halides is 3. The van der Waals surface area contributed by atoms with Crippen molar-refractivity contribution < 1.29 is 27.8 Å². The Balaban J connectivity index is 1.27. The third-order valence-electron chi connectivity index (χ3n) is 7.27. The lowest BCUT2D eigenvalue weighted by Crippen LogP contribution is -2.41. The molecule has 5 unspecified atom stereocenters. The molecule has 5 rings (SSSR count). The van der Waals surface area contributed by atoms with Gasteiger partial charge in [-0.15, -0.1) is 0 Å². The summed E-state index contributed by atoms with van der Waals surface area (Å²) in [6, 6.07) is 8.61. The number of halogens is 3. The van der Waals surface area contributed by atoms with Crippen LogP contribution in [0.2, 0.25) is 0 Å². The summed E-state index contributed by atoms with van der Waals surface area (Å²) in [5.41, 5.74) is -1.00. The smallest absolute Gasteiger partial charge is 0.417 e. The van der Waals surface area contributed by atoms with E-state index in [0.717, 1.165) is 50.7 Å². The Bertz CT molecular complexity index is 1010. The van der Waals surface area contributed by atoms with Crippen LogP contribution in [-0.2, 0) is 6.18 Å². The second kappa shape index (κ2) is 7.76. The summed E-state index contributed by atoms with van der Waals surface area (Å²) >= 11 is 0. The molecule has 1 amide bonds. The van der Waals surface area contributed by atoms with Crippen LogP contribution in [0.4, 0.5) is 13.2 Å². The van der Waals surface area contributed by atoms with Crippen molar-refractivity contribution >= 4 is 5.91 Å². The summed E-state index contributed by atoms with van der Waals surface area (Å²) < 4.78 is 43.6. The maximum atomic E-state index is 13.0. The molecule has 3 fully saturated rings. The molecule has 8 heteroatoms. The lowest BCUT2D eigenvalue weighted by Gasteiger charge is -2.33. The second-order valence-corrected chi connectivity index (χ2v) is 9.53. The number of amides is 1. The molecule has 3 aliphatic carbocycles. The summed E-state index contributed by atoms with van der Waals surface area (Å²) in [6.07, 6.45) is 1.81. The molecule has 0 saturated heterocycles. The van der Waals surface area contributed by atoms with Gasteiger partial charge in [0.15, 0.2) is 0 Å². The number of pyridine rings is 1. The molecule has 0 aliphatic heterocycles. The van der Waals surface area contributed by atoms with Crippen LogP contribution in [0.5, 0.6) is 11.6 Å². The zero-order valence-corrected chi connectivity index (χ0v) is 17.4. The number of aromatic nitrogens is 1. The first kappa shape index (κ1) is 21.2. The van der Waals surface area contributed by atoms with E-state index in [4.69, 9.17) is 4.74 Å². The van der Waals surface area contributed by atoms with Crippen molar-refractivity contribution in [1.29, 1.82) is 0 Å². The molecule has 1 heterocycles. The van der Waals surface area contributed by atoms with Gasteiger partial charge < -0.3 is 15.2 Å².